The summed E-state index contributed by atoms with van der Waals surface area (Å²) < 4.78 is 5.37. The Morgan fingerprint density at radius 3 is 2.39 bits per heavy atom. The van der Waals surface area contributed by atoms with Crippen LogP contribution in [0.2, 0.25) is 0 Å². The summed E-state index contributed by atoms with van der Waals surface area (Å²) in [6, 6.07) is -0.237. The maximum absolute atomic E-state index is 12.2. The average Bonchev–Trinajstić information content (AvgIpc) is 2.84. The van der Waals surface area contributed by atoms with Gasteiger partial charge in [-0.05, 0) is 47.5 Å². The van der Waals surface area contributed by atoms with Crippen LogP contribution in [0.5, 0.6) is 0 Å². The van der Waals surface area contributed by atoms with E-state index in [0.29, 0.717) is 6.54 Å². The van der Waals surface area contributed by atoms with Gasteiger partial charge in [0.05, 0.1) is 0 Å². The second kappa shape index (κ2) is 6.72. The lowest BCUT2D eigenvalue weighted by atomic mass is 10.1. The first-order valence-corrected chi connectivity index (χ1v) is 7.79. The molecule has 8 nitrogen and oxygen atoms in total. The molecule has 0 spiro atoms. The lowest BCUT2D eigenvalue weighted by molar-refractivity contribution is -0.607. The SMILES string of the molecule is CC(C)(C)OC(=O)N1CCC[C@H]1CC(=O)C1OOC(C)(C)OO1. The molecule has 0 radical (unpaired) electrons. The zero-order valence-corrected chi connectivity index (χ0v) is 14.3. The third-order valence-corrected chi connectivity index (χ3v) is 3.38. The number of Topliss-reactive ketones (excluding diaryl/α,β-unsaturated/α-hetero) is 1. The lowest BCUT2D eigenvalue weighted by Gasteiger charge is -2.32. The first-order chi connectivity index (χ1) is 10.6. The second-order valence-corrected chi connectivity index (χ2v) is 7.23. The van der Waals surface area contributed by atoms with E-state index in [4.69, 9.17) is 24.3 Å². The number of ether oxygens (including phenoxy) is 1. The summed E-state index contributed by atoms with van der Waals surface area (Å²) in [5.41, 5.74) is -0.572. The third kappa shape index (κ3) is 5.13. The minimum absolute atomic E-state index is 0.0943. The van der Waals surface area contributed by atoms with Crippen molar-refractivity contribution in [1.29, 1.82) is 0 Å². The molecule has 132 valence electrons. The van der Waals surface area contributed by atoms with Crippen LogP contribution in [-0.4, -0.2) is 47.0 Å². The van der Waals surface area contributed by atoms with Crippen molar-refractivity contribution in [2.45, 2.75) is 77.6 Å². The number of hydrogen-bond donors (Lipinski definition) is 0. The Balaban J connectivity index is 1.88. The van der Waals surface area contributed by atoms with Gasteiger partial charge in [0, 0.05) is 19.0 Å². The summed E-state index contributed by atoms with van der Waals surface area (Å²) in [4.78, 5) is 45.7. The van der Waals surface area contributed by atoms with Gasteiger partial charge in [-0.3, -0.25) is 4.79 Å². The Bertz CT molecular complexity index is 447. The summed E-state index contributed by atoms with van der Waals surface area (Å²) in [5, 5.41) is 0. The normalized spacial score (nSPS) is 25.4. The van der Waals surface area contributed by atoms with Gasteiger partial charge in [-0.1, -0.05) is 0 Å². The monoisotopic (exact) mass is 331 g/mol. The van der Waals surface area contributed by atoms with Crippen molar-refractivity contribution in [2.24, 2.45) is 0 Å². The molecule has 0 aromatic rings. The van der Waals surface area contributed by atoms with E-state index in [0.717, 1.165) is 12.8 Å². The average molecular weight is 331 g/mol. The van der Waals surface area contributed by atoms with E-state index in [-0.39, 0.29) is 18.2 Å². The molecule has 0 saturated carbocycles. The van der Waals surface area contributed by atoms with Crippen LogP contribution in [0.25, 0.3) is 0 Å². The fourth-order valence-corrected chi connectivity index (χ4v) is 2.39. The van der Waals surface area contributed by atoms with Gasteiger partial charge < -0.3 is 9.64 Å². The maximum atomic E-state index is 12.2. The Morgan fingerprint density at radius 1 is 1.22 bits per heavy atom. The van der Waals surface area contributed by atoms with Gasteiger partial charge >= 0.3 is 6.09 Å². The molecule has 0 bridgehead atoms. The lowest BCUT2D eigenvalue weighted by Crippen LogP contribution is -2.45. The maximum Gasteiger partial charge on any atom is 0.410 e. The molecule has 0 unspecified atom stereocenters. The van der Waals surface area contributed by atoms with Crippen molar-refractivity contribution in [3.05, 3.63) is 0 Å². The Hall–Kier alpha value is -1.22. The topological polar surface area (TPSA) is 83.5 Å². The molecule has 2 aliphatic heterocycles. The highest BCUT2D eigenvalue weighted by molar-refractivity contribution is 5.83. The van der Waals surface area contributed by atoms with Crippen LogP contribution in [-0.2, 0) is 29.1 Å². The summed E-state index contributed by atoms with van der Waals surface area (Å²) in [5.74, 6) is -1.41. The molecule has 2 saturated heterocycles. The first-order valence-electron chi connectivity index (χ1n) is 7.79. The molecule has 23 heavy (non-hydrogen) atoms. The van der Waals surface area contributed by atoms with Gasteiger partial charge in [-0.2, -0.15) is 19.6 Å². The fourth-order valence-electron chi connectivity index (χ4n) is 2.39. The zero-order chi connectivity index (χ0) is 17.3. The number of nitrogens with zero attached hydrogens (tertiary/aromatic N) is 1. The minimum Gasteiger partial charge on any atom is -0.444 e. The van der Waals surface area contributed by atoms with Crippen LogP contribution in [0, 0.1) is 0 Å². The van der Waals surface area contributed by atoms with Gasteiger partial charge in [0.25, 0.3) is 6.29 Å². The van der Waals surface area contributed by atoms with Gasteiger partial charge in [0.1, 0.15) is 5.60 Å². The Morgan fingerprint density at radius 2 is 1.83 bits per heavy atom. The molecular formula is C15H25NO7. The van der Waals surface area contributed by atoms with E-state index < -0.39 is 23.8 Å². The summed E-state index contributed by atoms with van der Waals surface area (Å²) in [6.07, 6.45) is -0.0120. The Kier molecular flexibility index (Phi) is 5.30. The summed E-state index contributed by atoms with van der Waals surface area (Å²) >= 11 is 0. The molecule has 0 N–H and O–H groups in total. The predicted octanol–water partition coefficient (Wildman–Crippen LogP) is 2.32. The van der Waals surface area contributed by atoms with Crippen LogP contribution in [0.4, 0.5) is 4.79 Å². The number of likely N-dealkylation sites (tertiary alicyclic amines) is 1. The van der Waals surface area contributed by atoms with Crippen molar-refractivity contribution < 1.29 is 33.9 Å². The highest BCUT2D eigenvalue weighted by Gasteiger charge is 2.39. The highest BCUT2D eigenvalue weighted by atomic mass is 17.4. The van der Waals surface area contributed by atoms with E-state index in [1.807, 2.05) is 0 Å². The van der Waals surface area contributed by atoms with Gasteiger partial charge in [0.15, 0.2) is 5.78 Å². The van der Waals surface area contributed by atoms with Crippen LogP contribution in [0.15, 0.2) is 0 Å². The Labute approximate surface area is 135 Å². The number of hydrogen-bond acceptors (Lipinski definition) is 7. The van der Waals surface area contributed by atoms with Crippen molar-refractivity contribution >= 4 is 11.9 Å². The van der Waals surface area contributed by atoms with Crippen molar-refractivity contribution in [2.75, 3.05) is 6.54 Å². The summed E-state index contributed by atoms with van der Waals surface area (Å²) in [7, 11) is 0. The van der Waals surface area contributed by atoms with E-state index in [1.165, 1.54) is 0 Å². The highest BCUT2D eigenvalue weighted by Crippen LogP contribution is 2.26. The second-order valence-electron chi connectivity index (χ2n) is 7.23. The molecule has 0 aliphatic carbocycles. The van der Waals surface area contributed by atoms with Crippen LogP contribution < -0.4 is 0 Å². The fraction of sp³-hybridized carbons (Fsp3) is 0.867. The molecule has 1 amide bonds. The van der Waals surface area contributed by atoms with Gasteiger partial charge in [0.2, 0.25) is 5.79 Å². The molecular weight excluding hydrogens is 306 g/mol. The molecule has 8 heteroatoms. The van der Waals surface area contributed by atoms with Gasteiger partial charge in [-0.15, -0.1) is 0 Å². The third-order valence-electron chi connectivity index (χ3n) is 3.38. The first kappa shape index (κ1) is 18.1. The molecule has 2 rings (SSSR count). The molecule has 0 aromatic carbocycles. The number of carbonyl (C=O) groups is 2. The van der Waals surface area contributed by atoms with Gasteiger partial charge in [-0.25, -0.2) is 4.79 Å². The molecule has 2 fully saturated rings. The van der Waals surface area contributed by atoms with Crippen molar-refractivity contribution in [1.82, 2.24) is 4.90 Å². The zero-order valence-electron chi connectivity index (χ0n) is 14.3. The number of amides is 1. The van der Waals surface area contributed by atoms with Crippen LogP contribution in [0.3, 0.4) is 0 Å². The standard InChI is InChI=1S/C15H25NO7/c1-14(2,3)19-13(18)16-8-6-7-10(16)9-11(17)12-20-22-15(4,5)23-21-12/h10,12H,6-9H2,1-5H3/t10-/m0/s1. The van der Waals surface area contributed by atoms with E-state index in [2.05, 4.69) is 0 Å². The van der Waals surface area contributed by atoms with Crippen LogP contribution >= 0.6 is 0 Å². The summed E-state index contributed by atoms with van der Waals surface area (Å²) in [6.45, 7) is 9.17. The van der Waals surface area contributed by atoms with Crippen molar-refractivity contribution in [3.63, 3.8) is 0 Å². The predicted molar refractivity (Wildman–Crippen MR) is 77.8 cm³/mol. The largest absolute Gasteiger partial charge is 0.444 e. The molecule has 2 heterocycles. The number of ketones is 1. The minimum atomic E-state index is -1.25. The number of rotatable bonds is 3. The van der Waals surface area contributed by atoms with E-state index in [9.17, 15) is 9.59 Å². The number of carbonyl (C=O) groups excluding carboxylic acids is 2. The molecule has 1 atom stereocenters. The quantitative estimate of drug-likeness (QED) is 0.734. The van der Waals surface area contributed by atoms with E-state index >= 15 is 0 Å². The molecule has 2 aliphatic rings. The van der Waals surface area contributed by atoms with Crippen molar-refractivity contribution in [3.8, 4) is 0 Å². The van der Waals surface area contributed by atoms with E-state index in [1.54, 1.807) is 39.5 Å². The molecule has 0 aromatic heterocycles. The smallest absolute Gasteiger partial charge is 0.410 e. The van der Waals surface area contributed by atoms with Crippen LogP contribution in [0.1, 0.15) is 53.9 Å².